The first-order valence-corrected chi connectivity index (χ1v) is 6.49. The molecule has 94 valence electrons. The number of likely N-dealkylation sites (tertiary alicyclic amines) is 1. The van der Waals surface area contributed by atoms with Gasteiger partial charge in [-0.1, -0.05) is 13.8 Å². The molecule has 1 aliphatic heterocycles. The lowest BCUT2D eigenvalue weighted by Gasteiger charge is -2.25. The molecule has 1 fully saturated rings. The van der Waals surface area contributed by atoms with Gasteiger partial charge in [0, 0.05) is 31.7 Å². The normalized spacial score (nSPS) is 21.4. The highest BCUT2D eigenvalue weighted by Crippen LogP contribution is 2.16. The lowest BCUT2D eigenvalue weighted by molar-refractivity contribution is 0.219. The van der Waals surface area contributed by atoms with Crippen molar-refractivity contribution in [3.63, 3.8) is 0 Å². The maximum absolute atomic E-state index is 11.4. The van der Waals surface area contributed by atoms with Gasteiger partial charge in [0.15, 0.2) is 0 Å². The molecule has 0 aromatic rings. The van der Waals surface area contributed by atoms with Crippen LogP contribution in [0.5, 0.6) is 0 Å². The zero-order valence-corrected chi connectivity index (χ0v) is 10.8. The molecule has 4 heteroatoms. The van der Waals surface area contributed by atoms with E-state index in [1.54, 1.807) is 0 Å². The summed E-state index contributed by atoms with van der Waals surface area (Å²) in [5.74, 6) is 0. The van der Waals surface area contributed by atoms with Crippen LogP contribution in [-0.2, 0) is 0 Å². The standard InChI is InChI=1S/C12H25N3O/c1-4-11(5-2)15-8-7-10(9-15)14-12(16)13-6-3/h10-11H,4-9H2,1-3H3,(H2,13,14,16). The predicted octanol–water partition coefficient (Wildman–Crippen LogP) is 1.57. The van der Waals surface area contributed by atoms with Crippen LogP contribution in [-0.4, -0.2) is 42.6 Å². The molecule has 0 saturated carbocycles. The minimum Gasteiger partial charge on any atom is -0.338 e. The van der Waals surface area contributed by atoms with E-state index in [1.165, 1.54) is 12.8 Å². The number of hydrogen-bond donors (Lipinski definition) is 2. The molecule has 0 spiro atoms. The van der Waals surface area contributed by atoms with Crippen molar-refractivity contribution in [1.29, 1.82) is 0 Å². The summed E-state index contributed by atoms with van der Waals surface area (Å²) < 4.78 is 0. The second-order valence-corrected chi connectivity index (χ2v) is 4.45. The number of rotatable bonds is 5. The summed E-state index contributed by atoms with van der Waals surface area (Å²) in [6.45, 7) is 9.21. The van der Waals surface area contributed by atoms with Gasteiger partial charge in [0.2, 0.25) is 0 Å². The van der Waals surface area contributed by atoms with E-state index in [9.17, 15) is 4.79 Å². The third kappa shape index (κ3) is 3.67. The van der Waals surface area contributed by atoms with Gasteiger partial charge < -0.3 is 10.6 Å². The van der Waals surface area contributed by atoms with Gasteiger partial charge >= 0.3 is 6.03 Å². The maximum Gasteiger partial charge on any atom is 0.315 e. The molecule has 0 radical (unpaired) electrons. The van der Waals surface area contributed by atoms with Crippen molar-refractivity contribution in [2.24, 2.45) is 0 Å². The van der Waals surface area contributed by atoms with Crippen LogP contribution >= 0.6 is 0 Å². The van der Waals surface area contributed by atoms with Gasteiger partial charge in [-0.05, 0) is 26.2 Å². The van der Waals surface area contributed by atoms with E-state index in [2.05, 4.69) is 29.4 Å². The monoisotopic (exact) mass is 227 g/mol. The van der Waals surface area contributed by atoms with Gasteiger partial charge in [-0.3, -0.25) is 4.90 Å². The van der Waals surface area contributed by atoms with Crippen LogP contribution in [0.3, 0.4) is 0 Å². The van der Waals surface area contributed by atoms with Crippen molar-refractivity contribution >= 4 is 6.03 Å². The van der Waals surface area contributed by atoms with Gasteiger partial charge in [-0.25, -0.2) is 4.79 Å². The van der Waals surface area contributed by atoms with E-state index in [-0.39, 0.29) is 6.03 Å². The van der Waals surface area contributed by atoms with Crippen LogP contribution in [0.25, 0.3) is 0 Å². The van der Waals surface area contributed by atoms with Crippen molar-refractivity contribution in [3.05, 3.63) is 0 Å². The molecule has 1 saturated heterocycles. The zero-order valence-electron chi connectivity index (χ0n) is 10.8. The molecule has 2 N–H and O–H groups in total. The first-order chi connectivity index (χ1) is 7.71. The van der Waals surface area contributed by atoms with E-state index in [0.29, 0.717) is 18.6 Å². The second-order valence-electron chi connectivity index (χ2n) is 4.45. The fourth-order valence-corrected chi connectivity index (χ4v) is 2.44. The number of amides is 2. The van der Waals surface area contributed by atoms with Crippen molar-refractivity contribution in [3.8, 4) is 0 Å². The summed E-state index contributed by atoms with van der Waals surface area (Å²) in [6.07, 6.45) is 3.47. The van der Waals surface area contributed by atoms with Crippen LogP contribution in [0, 0.1) is 0 Å². The van der Waals surface area contributed by atoms with Crippen LogP contribution in [0.4, 0.5) is 4.79 Å². The van der Waals surface area contributed by atoms with Crippen LogP contribution in [0.15, 0.2) is 0 Å². The van der Waals surface area contributed by atoms with Gasteiger partial charge in [-0.2, -0.15) is 0 Å². The quantitative estimate of drug-likeness (QED) is 0.749. The lowest BCUT2D eigenvalue weighted by atomic mass is 10.1. The number of hydrogen-bond acceptors (Lipinski definition) is 2. The van der Waals surface area contributed by atoms with Crippen molar-refractivity contribution in [1.82, 2.24) is 15.5 Å². The first kappa shape index (κ1) is 13.3. The molecule has 0 aromatic heterocycles. The van der Waals surface area contributed by atoms with Crippen LogP contribution in [0.2, 0.25) is 0 Å². The van der Waals surface area contributed by atoms with Crippen molar-refractivity contribution in [2.45, 2.75) is 52.1 Å². The summed E-state index contributed by atoms with van der Waals surface area (Å²) in [4.78, 5) is 13.9. The Balaban J connectivity index is 2.31. The van der Waals surface area contributed by atoms with Gasteiger partial charge in [-0.15, -0.1) is 0 Å². The Labute approximate surface area is 98.8 Å². The van der Waals surface area contributed by atoms with E-state index < -0.39 is 0 Å². The molecule has 0 aromatic carbocycles. The van der Waals surface area contributed by atoms with Crippen molar-refractivity contribution < 1.29 is 4.79 Å². The third-order valence-corrected chi connectivity index (χ3v) is 3.35. The minimum absolute atomic E-state index is 0.0288. The summed E-state index contributed by atoms with van der Waals surface area (Å²) in [7, 11) is 0. The lowest BCUT2D eigenvalue weighted by Crippen LogP contribution is -2.44. The number of carbonyl (C=O) groups excluding carboxylic acids is 1. The Morgan fingerprint density at radius 2 is 2.06 bits per heavy atom. The van der Waals surface area contributed by atoms with Gasteiger partial charge in [0.05, 0.1) is 0 Å². The average molecular weight is 227 g/mol. The predicted molar refractivity (Wildman–Crippen MR) is 66.6 cm³/mol. The first-order valence-electron chi connectivity index (χ1n) is 6.49. The molecule has 1 atom stereocenters. The minimum atomic E-state index is -0.0288. The Bertz CT molecular complexity index is 216. The summed E-state index contributed by atoms with van der Waals surface area (Å²) in [5.41, 5.74) is 0. The Hall–Kier alpha value is -0.770. The molecule has 1 heterocycles. The molecule has 2 amide bonds. The molecular formula is C12H25N3O. The zero-order chi connectivity index (χ0) is 12.0. The topological polar surface area (TPSA) is 44.4 Å². The average Bonchev–Trinajstić information content (AvgIpc) is 2.68. The van der Waals surface area contributed by atoms with E-state index in [4.69, 9.17) is 0 Å². The summed E-state index contributed by atoms with van der Waals surface area (Å²) >= 11 is 0. The SMILES string of the molecule is CCNC(=O)NC1CCN(C(CC)CC)C1. The van der Waals surface area contributed by atoms with E-state index >= 15 is 0 Å². The number of nitrogens with one attached hydrogen (secondary N) is 2. The highest BCUT2D eigenvalue weighted by molar-refractivity contribution is 5.74. The fraction of sp³-hybridized carbons (Fsp3) is 0.917. The summed E-state index contributed by atoms with van der Waals surface area (Å²) in [5, 5.41) is 5.80. The molecule has 4 nitrogen and oxygen atoms in total. The fourth-order valence-electron chi connectivity index (χ4n) is 2.44. The molecule has 0 bridgehead atoms. The van der Waals surface area contributed by atoms with E-state index in [1.807, 2.05) is 6.92 Å². The Kier molecular flexibility index (Phi) is 5.60. The number of carbonyl (C=O) groups is 1. The molecule has 1 rings (SSSR count). The van der Waals surface area contributed by atoms with Crippen LogP contribution < -0.4 is 10.6 Å². The molecule has 16 heavy (non-hydrogen) atoms. The van der Waals surface area contributed by atoms with Gasteiger partial charge in [0.25, 0.3) is 0 Å². The van der Waals surface area contributed by atoms with Crippen LogP contribution in [0.1, 0.15) is 40.0 Å². The number of urea groups is 1. The largest absolute Gasteiger partial charge is 0.338 e. The smallest absolute Gasteiger partial charge is 0.315 e. The van der Waals surface area contributed by atoms with E-state index in [0.717, 1.165) is 19.5 Å². The molecule has 1 aliphatic rings. The highest BCUT2D eigenvalue weighted by Gasteiger charge is 2.27. The van der Waals surface area contributed by atoms with Gasteiger partial charge in [0.1, 0.15) is 0 Å². The molecule has 0 aliphatic carbocycles. The van der Waals surface area contributed by atoms with Crippen molar-refractivity contribution in [2.75, 3.05) is 19.6 Å². The highest BCUT2D eigenvalue weighted by atomic mass is 16.2. The second kappa shape index (κ2) is 6.74. The third-order valence-electron chi connectivity index (χ3n) is 3.35. The molecule has 1 unspecified atom stereocenters. The Morgan fingerprint density at radius 1 is 1.38 bits per heavy atom. The Morgan fingerprint density at radius 3 is 2.62 bits per heavy atom. The summed E-state index contributed by atoms with van der Waals surface area (Å²) in [6, 6.07) is 0.979. The maximum atomic E-state index is 11.4. The number of nitrogens with zero attached hydrogens (tertiary/aromatic N) is 1. The molecular weight excluding hydrogens is 202 g/mol.